The number of rotatable bonds is 3. The highest BCUT2D eigenvalue weighted by Crippen LogP contribution is 2.44. The number of halogens is 1. The van der Waals surface area contributed by atoms with Crippen LogP contribution in [0.25, 0.3) is 0 Å². The Morgan fingerprint density at radius 1 is 1.22 bits per heavy atom. The summed E-state index contributed by atoms with van der Waals surface area (Å²) in [6.45, 7) is 4.97. The van der Waals surface area contributed by atoms with Crippen molar-refractivity contribution in [3.63, 3.8) is 0 Å². The van der Waals surface area contributed by atoms with Gasteiger partial charge in [0.15, 0.2) is 5.82 Å². The van der Waals surface area contributed by atoms with Crippen molar-refractivity contribution < 1.29 is 4.74 Å². The van der Waals surface area contributed by atoms with E-state index in [1.165, 1.54) is 11.8 Å². The fourth-order valence-corrected chi connectivity index (χ4v) is 4.91. The Kier molecular flexibility index (Phi) is 5.05. The monoisotopic (exact) mass is 406 g/mol. The summed E-state index contributed by atoms with van der Waals surface area (Å²) >= 11 is 7.54. The molecule has 2 aliphatic heterocycles. The van der Waals surface area contributed by atoms with Gasteiger partial charge in [0.25, 0.3) is 0 Å². The van der Waals surface area contributed by atoms with Gasteiger partial charge in [-0.05, 0) is 32.3 Å². The fourth-order valence-electron chi connectivity index (χ4n) is 3.89. The first-order valence-electron chi connectivity index (χ1n) is 9.05. The first-order chi connectivity index (χ1) is 13.0. The van der Waals surface area contributed by atoms with Crippen LogP contribution in [-0.2, 0) is 4.74 Å². The molecule has 4 N–H and O–H groups in total. The van der Waals surface area contributed by atoms with Gasteiger partial charge < -0.3 is 21.1 Å². The average Bonchev–Trinajstić information content (AvgIpc) is 3.01. The van der Waals surface area contributed by atoms with Gasteiger partial charge in [0, 0.05) is 36.2 Å². The number of nitrogen functional groups attached to an aromatic ring is 2. The van der Waals surface area contributed by atoms with Crippen LogP contribution in [0.15, 0.2) is 28.4 Å². The van der Waals surface area contributed by atoms with E-state index in [2.05, 4.69) is 26.8 Å². The molecule has 2 aromatic rings. The topological polar surface area (TPSA) is 103 Å². The molecule has 1 unspecified atom stereocenters. The molecule has 2 aromatic heterocycles. The number of anilines is 3. The SMILES string of the molecule is CC1OCCC12CCN(c1cnc(Sc3ccnc(N)c3Cl)c(N)n1)CC2. The normalized spacial score (nSPS) is 21.7. The molecule has 0 saturated carbocycles. The van der Waals surface area contributed by atoms with Crippen LogP contribution in [-0.4, -0.2) is 40.8 Å². The number of hydrogen-bond donors (Lipinski definition) is 2. The largest absolute Gasteiger partial charge is 0.382 e. The third-order valence-corrected chi connectivity index (χ3v) is 7.33. The number of pyridine rings is 1. The molecule has 1 atom stereocenters. The van der Waals surface area contributed by atoms with Crippen LogP contribution in [0.5, 0.6) is 0 Å². The molecule has 7 nitrogen and oxygen atoms in total. The number of hydrogen-bond acceptors (Lipinski definition) is 8. The zero-order valence-electron chi connectivity index (χ0n) is 15.2. The third kappa shape index (κ3) is 3.53. The second-order valence-electron chi connectivity index (χ2n) is 7.14. The number of ether oxygens (including phenoxy) is 1. The van der Waals surface area contributed by atoms with Gasteiger partial charge in [0.05, 0.1) is 17.3 Å². The molecule has 27 heavy (non-hydrogen) atoms. The van der Waals surface area contributed by atoms with Crippen LogP contribution in [0, 0.1) is 5.41 Å². The van der Waals surface area contributed by atoms with Crippen molar-refractivity contribution in [1.82, 2.24) is 15.0 Å². The lowest BCUT2D eigenvalue weighted by Gasteiger charge is -2.41. The lowest BCUT2D eigenvalue weighted by Crippen LogP contribution is -2.43. The van der Waals surface area contributed by atoms with Crippen molar-refractivity contribution in [2.24, 2.45) is 5.41 Å². The maximum Gasteiger partial charge on any atom is 0.158 e. The van der Waals surface area contributed by atoms with Gasteiger partial charge in [-0.2, -0.15) is 0 Å². The lowest BCUT2D eigenvalue weighted by atomic mass is 9.73. The molecule has 9 heteroatoms. The zero-order valence-corrected chi connectivity index (χ0v) is 16.8. The van der Waals surface area contributed by atoms with Gasteiger partial charge in [-0.3, -0.25) is 0 Å². The Hall–Kier alpha value is -1.77. The summed E-state index contributed by atoms with van der Waals surface area (Å²) in [7, 11) is 0. The second kappa shape index (κ2) is 7.33. The molecule has 144 valence electrons. The number of nitrogens with zero attached hydrogens (tertiary/aromatic N) is 4. The summed E-state index contributed by atoms with van der Waals surface area (Å²) in [5.74, 6) is 1.50. The van der Waals surface area contributed by atoms with Crippen molar-refractivity contribution in [3.05, 3.63) is 23.5 Å². The average molecular weight is 407 g/mol. The molecule has 4 rings (SSSR count). The predicted molar refractivity (Wildman–Crippen MR) is 108 cm³/mol. The molecular formula is C18H23ClN6OS. The van der Waals surface area contributed by atoms with E-state index in [0.717, 1.165) is 49.7 Å². The smallest absolute Gasteiger partial charge is 0.158 e. The summed E-state index contributed by atoms with van der Waals surface area (Å²) in [6, 6.07) is 1.79. The van der Waals surface area contributed by atoms with Crippen LogP contribution < -0.4 is 16.4 Å². The molecule has 2 saturated heterocycles. The summed E-state index contributed by atoms with van der Waals surface area (Å²) < 4.78 is 5.80. The van der Waals surface area contributed by atoms with Crippen LogP contribution in [0.2, 0.25) is 5.02 Å². The first-order valence-corrected chi connectivity index (χ1v) is 10.2. The van der Waals surface area contributed by atoms with Gasteiger partial charge in [0.2, 0.25) is 0 Å². The second-order valence-corrected chi connectivity index (χ2v) is 8.55. The molecule has 0 amide bonds. The third-order valence-electron chi connectivity index (χ3n) is 5.75. The van der Waals surface area contributed by atoms with E-state index < -0.39 is 0 Å². The van der Waals surface area contributed by atoms with E-state index >= 15 is 0 Å². The lowest BCUT2D eigenvalue weighted by molar-refractivity contribution is 0.0498. The summed E-state index contributed by atoms with van der Waals surface area (Å²) in [5.41, 5.74) is 12.2. The number of piperidine rings is 1. The molecule has 2 fully saturated rings. The molecular weight excluding hydrogens is 384 g/mol. The van der Waals surface area contributed by atoms with Crippen molar-refractivity contribution in [3.8, 4) is 0 Å². The van der Waals surface area contributed by atoms with Crippen LogP contribution in [0.1, 0.15) is 26.2 Å². The summed E-state index contributed by atoms with van der Waals surface area (Å²) in [6.07, 6.45) is 7.10. The maximum atomic E-state index is 6.20. The Balaban J connectivity index is 1.47. The van der Waals surface area contributed by atoms with Crippen LogP contribution in [0.3, 0.4) is 0 Å². The van der Waals surface area contributed by atoms with Gasteiger partial charge in [0.1, 0.15) is 16.7 Å². The summed E-state index contributed by atoms with van der Waals surface area (Å²) in [4.78, 5) is 16.1. The molecule has 0 bridgehead atoms. The van der Waals surface area contributed by atoms with E-state index in [4.69, 9.17) is 27.8 Å². The number of nitrogens with two attached hydrogens (primary N) is 2. The first kappa shape index (κ1) is 18.6. The minimum absolute atomic E-state index is 0.289. The van der Waals surface area contributed by atoms with E-state index in [1.807, 2.05) is 0 Å². The highest BCUT2D eigenvalue weighted by atomic mass is 35.5. The van der Waals surface area contributed by atoms with E-state index in [1.54, 1.807) is 18.5 Å². The Morgan fingerprint density at radius 2 is 2.00 bits per heavy atom. The Bertz CT molecular complexity index is 843. The van der Waals surface area contributed by atoms with Crippen molar-refractivity contribution >= 4 is 40.8 Å². The van der Waals surface area contributed by atoms with E-state index in [0.29, 0.717) is 27.4 Å². The van der Waals surface area contributed by atoms with Crippen LogP contribution in [0.4, 0.5) is 17.5 Å². The minimum Gasteiger partial charge on any atom is -0.382 e. The van der Waals surface area contributed by atoms with Gasteiger partial charge in [-0.15, -0.1) is 0 Å². The van der Waals surface area contributed by atoms with Gasteiger partial charge in [-0.25, -0.2) is 15.0 Å². The van der Waals surface area contributed by atoms with Crippen LogP contribution >= 0.6 is 23.4 Å². The molecule has 4 heterocycles. The van der Waals surface area contributed by atoms with Crippen molar-refractivity contribution in [2.75, 3.05) is 36.1 Å². The quantitative estimate of drug-likeness (QED) is 0.800. The fraction of sp³-hybridized carbons (Fsp3) is 0.500. The molecule has 0 radical (unpaired) electrons. The minimum atomic E-state index is 0.289. The predicted octanol–water partition coefficient (Wildman–Crippen LogP) is 3.24. The maximum absolute atomic E-state index is 6.20. The van der Waals surface area contributed by atoms with Gasteiger partial charge in [-0.1, -0.05) is 23.4 Å². The molecule has 0 aliphatic carbocycles. The highest BCUT2D eigenvalue weighted by Gasteiger charge is 2.43. The molecule has 1 spiro atoms. The van der Waals surface area contributed by atoms with E-state index in [-0.39, 0.29) is 5.82 Å². The van der Waals surface area contributed by atoms with Crippen molar-refractivity contribution in [1.29, 1.82) is 0 Å². The van der Waals surface area contributed by atoms with E-state index in [9.17, 15) is 0 Å². The highest BCUT2D eigenvalue weighted by molar-refractivity contribution is 7.99. The standard InChI is InChI=1S/C18H23ClN6OS/c1-11-18(5-9-26-11)3-7-25(8-4-18)13-10-23-17(16(21)24-13)27-12-2-6-22-15(20)14(12)19/h2,6,10-11H,3-5,7-9H2,1H3,(H2,20,22)(H2,21,24). The Labute approximate surface area is 167 Å². The van der Waals surface area contributed by atoms with Gasteiger partial charge >= 0.3 is 0 Å². The van der Waals surface area contributed by atoms with Crippen molar-refractivity contribution in [2.45, 2.75) is 42.2 Å². The number of aromatic nitrogens is 3. The molecule has 2 aliphatic rings. The molecule has 0 aromatic carbocycles. The zero-order chi connectivity index (χ0) is 19.0. The Morgan fingerprint density at radius 3 is 2.67 bits per heavy atom. The summed E-state index contributed by atoms with van der Waals surface area (Å²) in [5, 5.41) is 1.01.